The lowest BCUT2D eigenvalue weighted by atomic mass is 9.90. The third-order valence-electron chi connectivity index (χ3n) is 6.88. The first-order valence-electron chi connectivity index (χ1n) is 12.9. The number of hydrogen-bond acceptors (Lipinski definition) is 7. The molecule has 9 nitrogen and oxygen atoms in total. The van der Waals surface area contributed by atoms with E-state index in [1.807, 2.05) is 18.2 Å². The number of rotatable bonds is 8. The highest BCUT2D eigenvalue weighted by molar-refractivity contribution is 7.92. The molecule has 1 amide bonds. The largest absolute Gasteiger partial charge is 0.486 e. The Morgan fingerprint density at radius 2 is 1.59 bits per heavy atom. The quantitative estimate of drug-likeness (QED) is 0.424. The average Bonchev–Trinajstić information content (AvgIpc) is 2.96. The second-order valence-corrected chi connectivity index (χ2v) is 11.2. The van der Waals surface area contributed by atoms with Crippen LogP contribution in [0.1, 0.15) is 28.8 Å². The Bertz CT molecular complexity index is 1430. The molecule has 0 unspecified atom stereocenters. The summed E-state index contributed by atoms with van der Waals surface area (Å²) in [4.78, 5) is 27.3. The summed E-state index contributed by atoms with van der Waals surface area (Å²) >= 11 is 0. The lowest BCUT2D eigenvalue weighted by Crippen LogP contribution is -2.41. The zero-order valence-electron chi connectivity index (χ0n) is 21.4. The predicted molar refractivity (Wildman–Crippen MR) is 144 cm³/mol. The van der Waals surface area contributed by atoms with Crippen molar-refractivity contribution in [3.63, 3.8) is 0 Å². The number of piperidine rings is 1. The third kappa shape index (κ3) is 6.51. The lowest BCUT2D eigenvalue weighted by Gasteiger charge is -2.32. The van der Waals surface area contributed by atoms with E-state index in [1.54, 1.807) is 17.0 Å². The molecule has 0 bridgehead atoms. The van der Waals surface area contributed by atoms with Crippen LogP contribution < -0.4 is 14.2 Å². The molecule has 0 aromatic heterocycles. The summed E-state index contributed by atoms with van der Waals surface area (Å²) < 4.78 is 44.8. The molecule has 3 aromatic rings. The van der Waals surface area contributed by atoms with Crippen LogP contribution in [0.15, 0.2) is 77.7 Å². The van der Waals surface area contributed by atoms with E-state index in [-0.39, 0.29) is 22.1 Å². The van der Waals surface area contributed by atoms with Gasteiger partial charge < -0.3 is 19.1 Å². The van der Waals surface area contributed by atoms with Crippen LogP contribution in [0.2, 0.25) is 0 Å². The van der Waals surface area contributed by atoms with Crippen LogP contribution in [0.5, 0.6) is 11.5 Å². The number of carbonyl (C=O) groups excluding carboxylic acids is 2. The van der Waals surface area contributed by atoms with Gasteiger partial charge in [0.2, 0.25) is 0 Å². The summed E-state index contributed by atoms with van der Waals surface area (Å²) in [5.41, 5.74) is 1.35. The van der Waals surface area contributed by atoms with Crippen LogP contribution in [0.4, 0.5) is 5.69 Å². The fourth-order valence-corrected chi connectivity index (χ4v) is 5.87. The number of anilines is 1. The summed E-state index contributed by atoms with van der Waals surface area (Å²) in [5.74, 6) is 0.250. The maximum Gasteiger partial charge on any atom is 0.340 e. The minimum atomic E-state index is -4.05. The number of nitrogens with one attached hydrogen (secondary N) is 1. The van der Waals surface area contributed by atoms with Gasteiger partial charge in [0.25, 0.3) is 15.9 Å². The van der Waals surface area contributed by atoms with Gasteiger partial charge in [-0.05, 0) is 55.0 Å². The molecular weight excluding hydrogens is 520 g/mol. The Kier molecular flexibility index (Phi) is 8.02. The first-order chi connectivity index (χ1) is 18.9. The lowest BCUT2D eigenvalue weighted by molar-refractivity contribution is -0.135. The molecule has 10 heteroatoms. The van der Waals surface area contributed by atoms with E-state index in [1.165, 1.54) is 35.9 Å². The molecule has 3 aromatic carbocycles. The van der Waals surface area contributed by atoms with E-state index in [9.17, 15) is 18.0 Å². The summed E-state index contributed by atoms with van der Waals surface area (Å²) in [6.45, 7) is 1.52. The van der Waals surface area contributed by atoms with E-state index in [0.717, 1.165) is 19.3 Å². The van der Waals surface area contributed by atoms with E-state index in [2.05, 4.69) is 16.9 Å². The number of para-hydroxylation sites is 1. The molecule has 2 aliphatic rings. The molecule has 2 heterocycles. The van der Waals surface area contributed by atoms with Gasteiger partial charge in [-0.1, -0.05) is 42.5 Å². The maximum atomic E-state index is 13.1. The highest BCUT2D eigenvalue weighted by Crippen LogP contribution is 2.33. The smallest absolute Gasteiger partial charge is 0.340 e. The molecule has 0 atom stereocenters. The van der Waals surface area contributed by atoms with Crippen molar-refractivity contribution in [2.24, 2.45) is 5.92 Å². The van der Waals surface area contributed by atoms with Crippen molar-refractivity contribution in [3.8, 4) is 11.5 Å². The molecule has 1 fully saturated rings. The Balaban J connectivity index is 1.17. The highest BCUT2D eigenvalue weighted by Gasteiger charge is 2.25. The second kappa shape index (κ2) is 11.8. The molecular formula is C29H30N2O7S. The normalized spacial score (nSPS) is 15.4. The fraction of sp³-hybridized carbons (Fsp3) is 0.310. The van der Waals surface area contributed by atoms with Crippen molar-refractivity contribution in [1.82, 2.24) is 4.90 Å². The van der Waals surface area contributed by atoms with Gasteiger partial charge in [0, 0.05) is 19.2 Å². The van der Waals surface area contributed by atoms with Crippen molar-refractivity contribution < 1.29 is 32.2 Å². The predicted octanol–water partition coefficient (Wildman–Crippen LogP) is 3.90. The molecule has 39 heavy (non-hydrogen) atoms. The Labute approximate surface area is 227 Å². The Hall–Kier alpha value is -4.05. The number of likely N-dealkylation sites (tertiary alicyclic amines) is 1. The Morgan fingerprint density at radius 3 is 2.36 bits per heavy atom. The van der Waals surface area contributed by atoms with Crippen molar-refractivity contribution in [3.05, 3.63) is 83.9 Å². The van der Waals surface area contributed by atoms with E-state index in [0.29, 0.717) is 43.7 Å². The molecule has 0 radical (unpaired) electrons. The molecule has 2 aliphatic heterocycles. The van der Waals surface area contributed by atoms with Gasteiger partial charge in [-0.3, -0.25) is 9.52 Å². The van der Waals surface area contributed by atoms with Crippen molar-refractivity contribution in [2.45, 2.75) is 24.2 Å². The molecule has 1 N–H and O–H groups in total. The first-order valence-corrected chi connectivity index (χ1v) is 14.4. The fourth-order valence-electron chi connectivity index (χ4n) is 4.77. The summed E-state index contributed by atoms with van der Waals surface area (Å²) in [7, 11) is -4.05. The highest BCUT2D eigenvalue weighted by atomic mass is 32.2. The van der Waals surface area contributed by atoms with Gasteiger partial charge >= 0.3 is 5.97 Å². The number of amides is 1. The van der Waals surface area contributed by atoms with Crippen LogP contribution in [-0.2, 0) is 26.0 Å². The van der Waals surface area contributed by atoms with Crippen LogP contribution in [-0.4, -0.2) is 58.1 Å². The van der Waals surface area contributed by atoms with Gasteiger partial charge in [-0.25, -0.2) is 13.2 Å². The van der Waals surface area contributed by atoms with Crippen molar-refractivity contribution >= 4 is 27.6 Å². The number of benzene rings is 3. The van der Waals surface area contributed by atoms with E-state index in [4.69, 9.17) is 14.2 Å². The van der Waals surface area contributed by atoms with Gasteiger partial charge in [-0.2, -0.15) is 0 Å². The monoisotopic (exact) mass is 550 g/mol. The van der Waals surface area contributed by atoms with E-state index < -0.39 is 22.6 Å². The molecule has 1 saturated heterocycles. The number of sulfonamides is 1. The van der Waals surface area contributed by atoms with Gasteiger partial charge in [0.05, 0.1) is 16.1 Å². The maximum absolute atomic E-state index is 13.1. The molecule has 5 rings (SSSR count). The first kappa shape index (κ1) is 26.6. The SMILES string of the molecule is O=C(OCC(=O)N1CCC(Cc2ccccc2)CC1)c1ccccc1NS(=O)(=O)c1ccc2c(c1)OCCO2. The number of hydrogen-bond donors (Lipinski definition) is 1. The van der Waals surface area contributed by atoms with Gasteiger partial charge in [0.1, 0.15) is 13.2 Å². The number of carbonyl (C=O) groups is 2. The van der Waals surface area contributed by atoms with Crippen LogP contribution in [0.25, 0.3) is 0 Å². The minimum Gasteiger partial charge on any atom is -0.486 e. The number of ether oxygens (including phenoxy) is 3. The summed E-state index contributed by atoms with van der Waals surface area (Å²) in [5, 5.41) is 0. The van der Waals surface area contributed by atoms with Crippen molar-refractivity contribution in [2.75, 3.05) is 37.6 Å². The topological polar surface area (TPSA) is 111 Å². The number of nitrogens with zero attached hydrogens (tertiary/aromatic N) is 1. The van der Waals surface area contributed by atoms with Crippen molar-refractivity contribution in [1.29, 1.82) is 0 Å². The molecule has 0 aliphatic carbocycles. The number of fused-ring (bicyclic) bond motifs is 1. The Morgan fingerprint density at radius 1 is 0.897 bits per heavy atom. The zero-order valence-corrected chi connectivity index (χ0v) is 22.2. The molecule has 0 spiro atoms. The zero-order chi connectivity index (χ0) is 27.2. The third-order valence-corrected chi connectivity index (χ3v) is 8.24. The minimum absolute atomic E-state index is 0.00740. The second-order valence-electron chi connectivity index (χ2n) is 9.55. The van der Waals surface area contributed by atoms with Gasteiger partial charge in [-0.15, -0.1) is 0 Å². The average molecular weight is 551 g/mol. The molecule has 0 saturated carbocycles. The summed E-state index contributed by atoms with van der Waals surface area (Å²) in [6.07, 6.45) is 2.76. The van der Waals surface area contributed by atoms with Crippen LogP contribution in [0.3, 0.4) is 0 Å². The van der Waals surface area contributed by atoms with Crippen LogP contribution >= 0.6 is 0 Å². The number of esters is 1. The van der Waals surface area contributed by atoms with Gasteiger partial charge in [0.15, 0.2) is 18.1 Å². The standard InChI is InChI=1S/C29H30N2O7S/c32-28(31-14-12-22(13-15-31)18-21-6-2-1-3-7-21)20-38-29(33)24-8-4-5-9-25(24)30-39(34,35)23-10-11-26-27(19-23)37-17-16-36-26/h1-11,19,22,30H,12-18,20H2. The van der Waals surface area contributed by atoms with E-state index >= 15 is 0 Å². The molecule has 204 valence electrons. The van der Waals surface area contributed by atoms with Crippen LogP contribution in [0, 0.1) is 5.92 Å². The summed E-state index contributed by atoms with van der Waals surface area (Å²) in [6, 6.07) is 20.7.